The molecule has 1 aliphatic carbocycles. The minimum absolute atomic E-state index is 0.200. The Hall–Kier alpha value is -1.96. The van der Waals surface area contributed by atoms with Crippen LogP contribution in [-0.2, 0) is 10.2 Å². The van der Waals surface area contributed by atoms with Gasteiger partial charge in [-0.25, -0.2) is 0 Å². The minimum atomic E-state index is -1.17. The zero-order valence-electron chi connectivity index (χ0n) is 8.21. The zero-order chi connectivity index (χ0) is 11.9. The summed E-state index contributed by atoms with van der Waals surface area (Å²) in [6, 6.07) is -1.15. The van der Waals surface area contributed by atoms with Gasteiger partial charge in [-0.1, -0.05) is 0 Å². The van der Waals surface area contributed by atoms with E-state index in [0.29, 0.717) is 12.8 Å². The first-order chi connectivity index (χ1) is 7.49. The van der Waals surface area contributed by atoms with Crippen molar-refractivity contribution in [2.45, 2.75) is 24.3 Å². The quantitative estimate of drug-likeness (QED) is 0.479. The fraction of sp³-hybridized carbons (Fsp3) is 0.500. The topological polar surface area (TPSA) is 135 Å². The third kappa shape index (κ3) is 1.34. The van der Waals surface area contributed by atoms with Crippen LogP contribution in [0.25, 0.3) is 0 Å². The first kappa shape index (κ1) is 10.6. The van der Waals surface area contributed by atoms with Gasteiger partial charge in [0, 0.05) is 5.41 Å². The van der Waals surface area contributed by atoms with E-state index in [1.165, 1.54) is 0 Å². The summed E-state index contributed by atoms with van der Waals surface area (Å²) >= 11 is 0. The van der Waals surface area contributed by atoms with E-state index >= 15 is 0 Å². The Kier molecular flexibility index (Phi) is 2.16. The third-order valence-corrected chi connectivity index (χ3v) is 2.96. The Bertz CT molecular complexity index is 451. The second-order valence-corrected chi connectivity index (χ2v) is 3.86. The van der Waals surface area contributed by atoms with Gasteiger partial charge in [0.25, 0.3) is 0 Å². The second-order valence-electron chi connectivity index (χ2n) is 3.86. The first-order valence-electron chi connectivity index (χ1n) is 4.65. The van der Waals surface area contributed by atoms with Crippen molar-refractivity contribution in [3.63, 3.8) is 0 Å². The van der Waals surface area contributed by atoms with Crippen LogP contribution in [-0.4, -0.2) is 32.2 Å². The Morgan fingerprint density at radius 3 is 2.81 bits per heavy atom. The summed E-state index contributed by atoms with van der Waals surface area (Å²) in [6.07, 6.45) is 2.11. The molecule has 0 radical (unpaired) electrons. The Morgan fingerprint density at radius 1 is 1.75 bits per heavy atom. The highest BCUT2D eigenvalue weighted by Gasteiger charge is 2.56. The summed E-state index contributed by atoms with van der Waals surface area (Å²) in [5, 5.41) is 25.6. The standard InChI is InChI=1S/C8H10N4O4/c9-5(7(13)14)8(1-2-8)6-4(12(15)16)3-10-11-6/h3,5H,1-2,9H2,(H,10,11)(H,13,14). The van der Waals surface area contributed by atoms with Crippen molar-refractivity contribution < 1.29 is 14.8 Å². The highest BCUT2D eigenvalue weighted by atomic mass is 16.6. The van der Waals surface area contributed by atoms with Crippen LogP contribution < -0.4 is 5.73 Å². The van der Waals surface area contributed by atoms with E-state index in [4.69, 9.17) is 10.8 Å². The lowest BCUT2D eigenvalue weighted by atomic mass is 9.92. The molecule has 0 aliphatic heterocycles. The number of H-pyrrole nitrogens is 1. The van der Waals surface area contributed by atoms with E-state index in [-0.39, 0.29) is 11.4 Å². The van der Waals surface area contributed by atoms with E-state index in [0.717, 1.165) is 6.20 Å². The lowest BCUT2D eigenvalue weighted by Gasteiger charge is -2.17. The number of rotatable bonds is 4. The number of nitrogens with zero attached hydrogens (tertiary/aromatic N) is 2. The number of nitro groups is 1. The minimum Gasteiger partial charge on any atom is -0.480 e. The number of aromatic nitrogens is 2. The van der Waals surface area contributed by atoms with E-state index in [2.05, 4.69) is 10.2 Å². The number of hydrogen-bond donors (Lipinski definition) is 3. The number of hydrogen-bond acceptors (Lipinski definition) is 5. The fourth-order valence-electron chi connectivity index (χ4n) is 1.87. The van der Waals surface area contributed by atoms with Crippen molar-refractivity contribution in [2.24, 2.45) is 5.73 Å². The van der Waals surface area contributed by atoms with Gasteiger partial charge in [0.05, 0.1) is 4.92 Å². The lowest BCUT2D eigenvalue weighted by molar-refractivity contribution is -0.385. The summed E-state index contributed by atoms with van der Waals surface area (Å²) in [7, 11) is 0. The zero-order valence-corrected chi connectivity index (χ0v) is 8.21. The molecule has 0 spiro atoms. The van der Waals surface area contributed by atoms with Crippen LogP contribution >= 0.6 is 0 Å². The molecular weight excluding hydrogens is 216 g/mol. The molecule has 1 atom stereocenters. The van der Waals surface area contributed by atoms with Crippen LogP contribution in [0.3, 0.4) is 0 Å². The van der Waals surface area contributed by atoms with E-state index < -0.39 is 22.3 Å². The van der Waals surface area contributed by atoms with Gasteiger partial charge >= 0.3 is 11.7 Å². The summed E-state index contributed by atoms with van der Waals surface area (Å²) in [5.41, 5.74) is 4.71. The predicted octanol–water partition coefficient (Wildman–Crippen LogP) is -0.239. The molecule has 1 heterocycles. The maximum absolute atomic E-state index is 10.8. The van der Waals surface area contributed by atoms with Gasteiger partial charge in [0.15, 0.2) is 0 Å². The van der Waals surface area contributed by atoms with E-state index in [1.807, 2.05) is 0 Å². The van der Waals surface area contributed by atoms with Crippen LogP contribution in [0, 0.1) is 10.1 Å². The number of nitrogens with one attached hydrogen (secondary N) is 1. The molecule has 2 rings (SSSR count). The largest absolute Gasteiger partial charge is 0.480 e. The lowest BCUT2D eigenvalue weighted by Crippen LogP contribution is -2.42. The summed E-state index contributed by atoms with van der Waals surface area (Å²) in [6.45, 7) is 0. The smallest absolute Gasteiger partial charge is 0.321 e. The van der Waals surface area contributed by atoms with Crippen molar-refractivity contribution in [1.29, 1.82) is 0 Å². The molecule has 0 bridgehead atoms. The molecule has 0 saturated heterocycles. The molecule has 4 N–H and O–H groups in total. The molecule has 86 valence electrons. The molecule has 8 heteroatoms. The van der Waals surface area contributed by atoms with Gasteiger partial charge in [-0.2, -0.15) is 5.10 Å². The molecule has 8 nitrogen and oxygen atoms in total. The van der Waals surface area contributed by atoms with E-state index in [1.54, 1.807) is 0 Å². The van der Waals surface area contributed by atoms with Crippen LogP contribution in [0.5, 0.6) is 0 Å². The van der Waals surface area contributed by atoms with Crippen LogP contribution in [0.2, 0.25) is 0 Å². The molecule has 0 aromatic carbocycles. The van der Waals surface area contributed by atoms with Crippen LogP contribution in [0.4, 0.5) is 5.69 Å². The normalized spacial score (nSPS) is 19.1. The molecule has 1 aromatic rings. The van der Waals surface area contributed by atoms with Gasteiger partial charge < -0.3 is 10.8 Å². The Morgan fingerprint density at radius 2 is 2.38 bits per heavy atom. The molecular formula is C8H10N4O4. The SMILES string of the molecule is NC(C(=O)O)C1(c2[nH]ncc2[N+](=O)[O-])CC1. The first-order valence-corrected chi connectivity index (χ1v) is 4.65. The maximum atomic E-state index is 10.8. The Labute approximate surface area is 89.6 Å². The summed E-state index contributed by atoms with van der Waals surface area (Å²) in [4.78, 5) is 21.0. The molecule has 16 heavy (non-hydrogen) atoms. The highest BCUT2D eigenvalue weighted by Crippen LogP contribution is 2.52. The number of carboxylic acids is 1. The average molecular weight is 226 g/mol. The second kappa shape index (κ2) is 3.27. The van der Waals surface area contributed by atoms with Gasteiger partial charge in [-0.15, -0.1) is 0 Å². The van der Waals surface area contributed by atoms with Crippen molar-refractivity contribution in [3.05, 3.63) is 22.0 Å². The van der Waals surface area contributed by atoms with Crippen molar-refractivity contribution in [2.75, 3.05) is 0 Å². The van der Waals surface area contributed by atoms with Crippen LogP contribution in [0.1, 0.15) is 18.5 Å². The highest BCUT2D eigenvalue weighted by molar-refractivity contribution is 5.77. The molecule has 1 aliphatic rings. The number of aromatic amines is 1. The average Bonchev–Trinajstić information content (AvgIpc) is 2.86. The monoisotopic (exact) mass is 226 g/mol. The van der Waals surface area contributed by atoms with Crippen molar-refractivity contribution in [3.8, 4) is 0 Å². The molecule has 0 amide bonds. The number of aliphatic carboxylic acids is 1. The molecule has 1 aromatic heterocycles. The van der Waals surface area contributed by atoms with Crippen molar-refractivity contribution in [1.82, 2.24) is 10.2 Å². The molecule has 1 fully saturated rings. The van der Waals surface area contributed by atoms with Gasteiger partial charge in [-0.3, -0.25) is 20.0 Å². The fourth-order valence-corrected chi connectivity index (χ4v) is 1.87. The Balaban J connectivity index is 2.41. The van der Waals surface area contributed by atoms with E-state index in [9.17, 15) is 14.9 Å². The van der Waals surface area contributed by atoms with Gasteiger partial charge in [-0.05, 0) is 12.8 Å². The summed E-state index contributed by atoms with van der Waals surface area (Å²) < 4.78 is 0. The number of nitrogens with two attached hydrogens (primary N) is 1. The van der Waals surface area contributed by atoms with Gasteiger partial charge in [0.1, 0.15) is 17.9 Å². The summed E-state index contributed by atoms with van der Waals surface area (Å²) in [5.74, 6) is -1.17. The number of carbonyl (C=O) groups is 1. The molecule has 1 saturated carbocycles. The third-order valence-electron chi connectivity index (χ3n) is 2.96. The molecule has 1 unspecified atom stereocenters. The van der Waals surface area contributed by atoms with Crippen molar-refractivity contribution >= 4 is 11.7 Å². The van der Waals surface area contributed by atoms with Gasteiger partial charge in [0.2, 0.25) is 0 Å². The maximum Gasteiger partial charge on any atom is 0.321 e. The van der Waals surface area contributed by atoms with Crippen LogP contribution in [0.15, 0.2) is 6.20 Å². The number of carboxylic acid groups (broad SMARTS) is 1. The predicted molar refractivity (Wildman–Crippen MR) is 51.8 cm³/mol.